The Hall–Kier alpha value is -6.88. The number of fused-ring (bicyclic) bond motifs is 1. The van der Waals surface area contributed by atoms with E-state index in [0.717, 1.165) is 19.6 Å². The van der Waals surface area contributed by atoms with Crippen LogP contribution < -0.4 is 18.9 Å². The minimum Gasteiger partial charge on any atom is -0.492 e. The van der Waals surface area contributed by atoms with Gasteiger partial charge in [-0.15, -0.1) is 11.3 Å². The van der Waals surface area contributed by atoms with E-state index in [0.29, 0.717) is 60.9 Å². The van der Waals surface area contributed by atoms with Crippen LogP contribution in [0.3, 0.4) is 0 Å². The molecule has 0 unspecified atom stereocenters. The third-order valence-electron chi connectivity index (χ3n) is 9.72. The fourth-order valence-electron chi connectivity index (χ4n) is 6.76. The lowest BCUT2D eigenvalue weighted by Gasteiger charge is -2.15. The molecular formula is C48H37NO8S. The van der Waals surface area contributed by atoms with Crippen molar-refractivity contribution in [1.82, 2.24) is 4.90 Å². The lowest BCUT2D eigenvalue weighted by Crippen LogP contribution is -2.25. The number of rotatable bonds is 13. The first kappa shape index (κ1) is 38.0. The van der Waals surface area contributed by atoms with Crippen molar-refractivity contribution in [3.05, 3.63) is 179 Å². The average Bonchev–Trinajstić information content (AvgIpc) is 3.93. The minimum atomic E-state index is -0.653. The van der Waals surface area contributed by atoms with Gasteiger partial charge in [0.25, 0.3) is 0 Å². The number of ketones is 1. The molecule has 1 fully saturated rings. The Morgan fingerprint density at radius 2 is 1.05 bits per heavy atom. The molecule has 288 valence electrons. The number of benzene rings is 6. The fourth-order valence-corrected chi connectivity index (χ4v) is 8.01. The van der Waals surface area contributed by atoms with Crippen LogP contribution in [0.5, 0.6) is 23.0 Å². The number of nitrogens with zero attached hydrogens (tertiary/aromatic N) is 1. The molecule has 1 aliphatic rings. The van der Waals surface area contributed by atoms with Gasteiger partial charge in [-0.25, -0.2) is 14.4 Å². The number of hydrogen-bond acceptors (Lipinski definition) is 10. The Balaban J connectivity index is 1.19. The molecule has 9 nitrogen and oxygen atoms in total. The maximum absolute atomic E-state index is 14.8. The van der Waals surface area contributed by atoms with Gasteiger partial charge in [-0.3, -0.25) is 9.69 Å². The van der Waals surface area contributed by atoms with Gasteiger partial charge in [0.1, 0.15) is 29.6 Å². The van der Waals surface area contributed by atoms with E-state index >= 15 is 0 Å². The van der Waals surface area contributed by atoms with Gasteiger partial charge >= 0.3 is 17.9 Å². The second-order valence-electron chi connectivity index (χ2n) is 13.6. The molecular weight excluding hydrogens is 751 g/mol. The second kappa shape index (κ2) is 17.5. The van der Waals surface area contributed by atoms with Crippen LogP contribution >= 0.6 is 11.3 Å². The van der Waals surface area contributed by atoms with Gasteiger partial charge in [0.15, 0.2) is 5.78 Å². The predicted octanol–water partition coefficient (Wildman–Crippen LogP) is 9.93. The summed E-state index contributed by atoms with van der Waals surface area (Å²) in [5, 5.41) is 0.374. The number of ether oxygens (including phenoxy) is 4. The third kappa shape index (κ3) is 8.73. The van der Waals surface area contributed by atoms with Gasteiger partial charge in [0, 0.05) is 33.1 Å². The van der Waals surface area contributed by atoms with E-state index in [1.54, 1.807) is 140 Å². The van der Waals surface area contributed by atoms with Crippen LogP contribution in [0.4, 0.5) is 0 Å². The molecule has 58 heavy (non-hydrogen) atoms. The molecule has 0 N–H and O–H groups in total. The molecule has 2 heterocycles. The minimum absolute atomic E-state index is 0.0448. The van der Waals surface area contributed by atoms with Crippen LogP contribution in [0.15, 0.2) is 152 Å². The van der Waals surface area contributed by atoms with Crippen molar-refractivity contribution in [2.45, 2.75) is 12.8 Å². The molecule has 0 radical (unpaired) electrons. The van der Waals surface area contributed by atoms with Crippen molar-refractivity contribution < 1.29 is 38.1 Å². The molecule has 1 saturated heterocycles. The Morgan fingerprint density at radius 3 is 1.62 bits per heavy atom. The number of thiophene rings is 1. The monoisotopic (exact) mass is 787 g/mol. The van der Waals surface area contributed by atoms with Gasteiger partial charge in [-0.1, -0.05) is 54.6 Å². The first-order chi connectivity index (χ1) is 28.4. The molecule has 1 aromatic heterocycles. The zero-order valence-electron chi connectivity index (χ0n) is 31.3. The van der Waals surface area contributed by atoms with Crippen molar-refractivity contribution in [1.29, 1.82) is 0 Å². The molecule has 0 amide bonds. The molecule has 10 heteroatoms. The van der Waals surface area contributed by atoms with Gasteiger partial charge in [0.05, 0.1) is 22.3 Å². The average molecular weight is 788 g/mol. The molecule has 0 bridgehead atoms. The van der Waals surface area contributed by atoms with Crippen LogP contribution in [-0.2, 0) is 0 Å². The summed E-state index contributed by atoms with van der Waals surface area (Å²) in [4.78, 5) is 57.4. The number of carbonyl (C=O) groups excluding carboxylic acids is 4. The fraction of sp³-hybridized carbons (Fsp3) is 0.125. The highest BCUT2D eigenvalue weighted by molar-refractivity contribution is 7.23. The van der Waals surface area contributed by atoms with Crippen molar-refractivity contribution in [2.75, 3.05) is 26.2 Å². The number of esters is 3. The largest absolute Gasteiger partial charge is 0.492 e. The highest BCUT2D eigenvalue weighted by Gasteiger charge is 2.27. The molecule has 6 aromatic carbocycles. The summed E-state index contributed by atoms with van der Waals surface area (Å²) in [6, 6.07) is 42.7. The quantitative estimate of drug-likeness (QED) is 0.0641. The second-order valence-corrected chi connectivity index (χ2v) is 14.7. The van der Waals surface area contributed by atoms with E-state index in [1.807, 2.05) is 6.07 Å². The smallest absolute Gasteiger partial charge is 0.343 e. The predicted molar refractivity (Wildman–Crippen MR) is 223 cm³/mol. The number of hydrogen-bond donors (Lipinski definition) is 0. The molecule has 8 rings (SSSR count). The molecule has 1 aliphatic heterocycles. The Morgan fingerprint density at radius 1 is 0.534 bits per heavy atom. The molecule has 0 atom stereocenters. The molecule has 0 saturated carbocycles. The van der Waals surface area contributed by atoms with E-state index in [4.69, 9.17) is 18.9 Å². The summed E-state index contributed by atoms with van der Waals surface area (Å²) in [5.74, 6) is -0.941. The summed E-state index contributed by atoms with van der Waals surface area (Å²) in [6.45, 7) is 3.53. The van der Waals surface area contributed by atoms with E-state index in [1.165, 1.54) is 30.2 Å². The Labute approximate surface area is 339 Å². The summed E-state index contributed by atoms with van der Waals surface area (Å²) in [7, 11) is 0. The Bertz CT molecular complexity index is 2570. The van der Waals surface area contributed by atoms with Crippen LogP contribution in [0, 0.1) is 0 Å². The first-order valence-electron chi connectivity index (χ1n) is 18.9. The molecule has 7 aromatic rings. The van der Waals surface area contributed by atoms with Crippen LogP contribution in [0.2, 0.25) is 0 Å². The summed E-state index contributed by atoms with van der Waals surface area (Å²) >= 11 is 1.28. The summed E-state index contributed by atoms with van der Waals surface area (Å²) in [5.41, 5.74) is 2.37. The standard InChI is InChI=1S/C48H37NO8S/c50-44(32-18-22-37(23-19-32)54-29-28-49-26-10-11-27-49)43-42-40(57-48(53)36-16-8-3-9-17-36)30-39(56-47(52)35-14-6-2-7-15-35)31-41(42)58-45(43)33-20-24-38(25-21-33)55-46(51)34-12-4-1-5-13-34/h1-9,12-25,30-31H,10-11,26-29H2. The van der Waals surface area contributed by atoms with Crippen molar-refractivity contribution in [3.63, 3.8) is 0 Å². The third-order valence-corrected chi connectivity index (χ3v) is 10.9. The SMILES string of the molecule is O=C(Oc1ccc(-c2sc3cc(OC(=O)c4ccccc4)cc(OC(=O)c4ccccc4)c3c2C(=O)c2ccc(OCCN3CCCC3)cc2)cc1)c1ccccc1. The van der Waals surface area contributed by atoms with Gasteiger partial charge < -0.3 is 18.9 Å². The van der Waals surface area contributed by atoms with Crippen molar-refractivity contribution in [3.8, 4) is 33.4 Å². The zero-order valence-corrected chi connectivity index (χ0v) is 32.1. The Kier molecular flexibility index (Phi) is 11.5. The highest BCUT2D eigenvalue weighted by Crippen LogP contribution is 2.46. The lowest BCUT2D eigenvalue weighted by molar-refractivity contribution is 0.0721. The van der Waals surface area contributed by atoms with Gasteiger partial charge in [-0.05, 0) is 122 Å². The van der Waals surface area contributed by atoms with Crippen molar-refractivity contribution in [2.24, 2.45) is 0 Å². The summed E-state index contributed by atoms with van der Waals surface area (Å²) < 4.78 is 24.1. The molecule has 0 aliphatic carbocycles. The maximum Gasteiger partial charge on any atom is 0.343 e. The van der Waals surface area contributed by atoms with E-state index < -0.39 is 17.9 Å². The topological polar surface area (TPSA) is 108 Å². The van der Waals surface area contributed by atoms with Crippen LogP contribution in [0.1, 0.15) is 59.8 Å². The van der Waals surface area contributed by atoms with Crippen LogP contribution in [0.25, 0.3) is 20.5 Å². The first-order valence-corrected chi connectivity index (χ1v) is 19.7. The summed E-state index contributed by atoms with van der Waals surface area (Å²) in [6.07, 6.45) is 2.41. The normalized spacial score (nSPS) is 12.6. The van der Waals surface area contributed by atoms with E-state index in [-0.39, 0.29) is 22.8 Å². The van der Waals surface area contributed by atoms with Gasteiger partial charge in [-0.2, -0.15) is 0 Å². The van der Waals surface area contributed by atoms with E-state index in [9.17, 15) is 19.2 Å². The molecule has 0 spiro atoms. The van der Waals surface area contributed by atoms with E-state index in [2.05, 4.69) is 4.90 Å². The lowest BCUT2D eigenvalue weighted by atomic mass is 9.97. The zero-order chi connectivity index (χ0) is 39.8. The number of likely N-dealkylation sites (tertiary alicyclic amines) is 1. The van der Waals surface area contributed by atoms with Crippen molar-refractivity contribution >= 4 is 45.1 Å². The van der Waals surface area contributed by atoms with Gasteiger partial charge in [0.2, 0.25) is 0 Å². The maximum atomic E-state index is 14.8. The highest BCUT2D eigenvalue weighted by atomic mass is 32.1. The number of carbonyl (C=O) groups is 4. The van der Waals surface area contributed by atoms with Crippen LogP contribution in [-0.4, -0.2) is 54.8 Å².